The molecule has 3 aromatic heterocycles. The molecule has 0 N–H and O–H groups in total. The van der Waals surface area contributed by atoms with E-state index in [0.29, 0.717) is 23.0 Å². The van der Waals surface area contributed by atoms with Crippen LogP contribution in [0.2, 0.25) is 0 Å². The van der Waals surface area contributed by atoms with Crippen LogP contribution >= 0.6 is 11.8 Å². The summed E-state index contributed by atoms with van der Waals surface area (Å²) in [6.45, 7) is 0.341. The molecule has 0 aliphatic rings. The van der Waals surface area contributed by atoms with E-state index in [4.69, 9.17) is 0 Å². The molecule has 0 saturated carbocycles. The van der Waals surface area contributed by atoms with Crippen molar-refractivity contribution in [3.05, 3.63) is 58.8 Å². The molecule has 9 heteroatoms. The quantitative estimate of drug-likeness (QED) is 0.685. The van der Waals surface area contributed by atoms with Gasteiger partial charge in [0.15, 0.2) is 5.65 Å². The maximum Gasteiger partial charge on any atom is 0.417 e. The highest BCUT2D eigenvalue weighted by Gasteiger charge is 2.30. The van der Waals surface area contributed by atoms with Gasteiger partial charge < -0.3 is 0 Å². The van der Waals surface area contributed by atoms with E-state index < -0.39 is 11.7 Å². The monoisotopic (exact) mass is 340 g/mol. The van der Waals surface area contributed by atoms with Crippen molar-refractivity contribution in [1.29, 1.82) is 0 Å². The molecule has 5 nitrogen and oxygen atoms in total. The number of pyridine rings is 2. The highest BCUT2D eigenvalue weighted by molar-refractivity contribution is 7.99. The topological polar surface area (TPSA) is 52.2 Å². The Balaban J connectivity index is 1.65. The zero-order chi connectivity index (χ0) is 16.4. The fourth-order valence-electron chi connectivity index (χ4n) is 1.98. The number of alkyl halides is 3. The molecular weight excluding hydrogens is 329 g/mol. The van der Waals surface area contributed by atoms with Crippen LogP contribution in [0.3, 0.4) is 0 Å². The van der Waals surface area contributed by atoms with Gasteiger partial charge in [0.25, 0.3) is 0 Å². The third-order valence-corrected chi connectivity index (χ3v) is 4.03. The molecule has 0 bridgehead atoms. The summed E-state index contributed by atoms with van der Waals surface area (Å²) < 4.78 is 40.1. The van der Waals surface area contributed by atoms with Crippen LogP contribution in [0.25, 0.3) is 5.65 Å². The van der Waals surface area contributed by atoms with Crippen LogP contribution < -0.4 is 5.69 Å². The van der Waals surface area contributed by atoms with Gasteiger partial charge in [-0.3, -0.25) is 4.40 Å². The number of nitrogens with zero attached hydrogens (tertiary/aromatic N) is 4. The first-order valence-electron chi connectivity index (χ1n) is 6.65. The average Bonchev–Trinajstić information content (AvgIpc) is 2.84. The van der Waals surface area contributed by atoms with Crippen LogP contribution in [0.1, 0.15) is 5.56 Å². The third kappa shape index (κ3) is 3.39. The number of hydrogen-bond acceptors (Lipinski definition) is 4. The first-order valence-corrected chi connectivity index (χ1v) is 7.64. The van der Waals surface area contributed by atoms with Crippen molar-refractivity contribution in [3.63, 3.8) is 0 Å². The Labute approximate surface area is 132 Å². The van der Waals surface area contributed by atoms with Crippen molar-refractivity contribution in [2.75, 3.05) is 5.75 Å². The number of hydrogen-bond donors (Lipinski definition) is 0. The predicted octanol–water partition coefficient (Wildman–Crippen LogP) is 2.70. The van der Waals surface area contributed by atoms with Gasteiger partial charge in [-0.1, -0.05) is 6.07 Å². The van der Waals surface area contributed by atoms with Gasteiger partial charge in [-0.15, -0.1) is 16.9 Å². The van der Waals surface area contributed by atoms with Gasteiger partial charge in [0.1, 0.15) is 0 Å². The second-order valence-corrected chi connectivity index (χ2v) is 5.78. The SMILES string of the molecule is O=c1n(CCSc2ccc(C(F)(F)F)cn2)nc2ccccn12. The van der Waals surface area contributed by atoms with Crippen LogP contribution in [0.4, 0.5) is 13.2 Å². The minimum atomic E-state index is -4.39. The molecule has 0 atom stereocenters. The minimum Gasteiger partial charge on any atom is -0.250 e. The predicted molar refractivity (Wildman–Crippen MR) is 79.4 cm³/mol. The molecule has 120 valence electrons. The van der Waals surface area contributed by atoms with Crippen molar-refractivity contribution < 1.29 is 13.2 Å². The molecule has 3 rings (SSSR count). The van der Waals surface area contributed by atoms with Crippen molar-refractivity contribution in [1.82, 2.24) is 19.2 Å². The lowest BCUT2D eigenvalue weighted by atomic mass is 10.3. The molecular formula is C14H11F3N4OS. The van der Waals surface area contributed by atoms with E-state index in [1.165, 1.54) is 26.9 Å². The first kappa shape index (κ1) is 15.6. The molecule has 0 amide bonds. The Kier molecular flexibility index (Phi) is 4.12. The number of rotatable bonds is 4. The number of thioether (sulfide) groups is 1. The van der Waals surface area contributed by atoms with E-state index in [1.807, 2.05) is 0 Å². The lowest BCUT2D eigenvalue weighted by molar-refractivity contribution is -0.137. The number of fused-ring (bicyclic) bond motifs is 1. The minimum absolute atomic E-state index is 0.249. The smallest absolute Gasteiger partial charge is 0.250 e. The summed E-state index contributed by atoms with van der Waals surface area (Å²) in [7, 11) is 0. The summed E-state index contributed by atoms with van der Waals surface area (Å²) >= 11 is 1.27. The Morgan fingerprint density at radius 2 is 2.00 bits per heavy atom. The maximum absolute atomic E-state index is 12.4. The molecule has 0 fully saturated rings. The van der Waals surface area contributed by atoms with Gasteiger partial charge in [-0.25, -0.2) is 14.5 Å². The third-order valence-electron chi connectivity index (χ3n) is 3.11. The molecule has 3 heterocycles. The van der Waals surface area contributed by atoms with E-state index in [2.05, 4.69) is 10.1 Å². The highest BCUT2D eigenvalue weighted by atomic mass is 32.2. The summed E-state index contributed by atoms with van der Waals surface area (Å²) in [6.07, 6.45) is -1.95. The second-order valence-electron chi connectivity index (χ2n) is 4.67. The Morgan fingerprint density at radius 3 is 2.65 bits per heavy atom. The molecule has 0 aliphatic carbocycles. The summed E-state index contributed by atoms with van der Waals surface area (Å²) in [4.78, 5) is 15.8. The molecule has 0 unspecified atom stereocenters. The fraction of sp³-hybridized carbons (Fsp3) is 0.214. The van der Waals surface area contributed by atoms with Crippen molar-refractivity contribution in [3.8, 4) is 0 Å². The van der Waals surface area contributed by atoms with Crippen molar-refractivity contribution in [2.45, 2.75) is 17.7 Å². The van der Waals surface area contributed by atoms with E-state index >= 15 is 0 Å². The maximum atomic E-state index is 12.4. The molecule has 23 heavy (non-hydrogen) atoms. The molecule has 0 aromatic carbocycles. The second kappa shape index (κ2) is 6.07. The van der Waals surface area contributed by atoms with E-state index in [9.17, 15) is 18.0 Å². The van der Waals surface area contributed by atoms with E-state index in [0.717, 1.165) is 12.3 Å². The Bertz CT molecular complexity index is 870. The van der Waals surface area contributed by atoms with Crippen molar-refractivity contribution in [2.24, 2.45) is 0 Å². The van der Waals surface area contributed by atoms with Gasteiger partial charge in [-0.05, 0) is 24.3 Å². The summed E-state index contributed by atoms with van der Waals surface area (Å²) in [5, 5.41) is 4.64. The summed E-state index contributed by atoms with van der Waals surface area (Å²) in [5.41, 5.74) is -0.477. The van der Waals surface area contributed by atoms with Gasteiger partial charge in [0, 0.05) is 18.1 Å². The van der Waals surface area contributed by atoms with E-state index in [-0.39, 0.29) is 5.69 Å². The highest BCUT2D eigenvalue weighted by Crippen LogP contribution is 2.29. The Hall–Kier alpha value is -2.29. The zero-order valence-corrected chi connectivity index (χ0v) is 12.5. The van der Waals surface area contributed by atoms with Crippen LogP contribution in [-0.4, -0.2) is 24.9 Å². The van der Waals surface area contributed by atoms with Crippen LogP contribution in [0.15, 0.2) is 52.5 Å². The van der Waals surface area contributed by atoms with E-state index in [1.54, 1.807) is 24.4 Å². The van der Waals surface area contributed by atoms with Gasteiger partial charge >= 0.3 is 11.9 Å². The average molecular weight is 340 g/mol. The van der Waals surface area contributed by atoms with Crippen molar-refractivity contribution >= 4 is 17.4 Å². The summed E-state index contributed by atoms with van der Waals surface area (Å²) in [5.74, 6) is 0.474. The number of halogens is 3. The molecule has 0 saturated heterocycles. The number of aryl methyl sites for hydroxylation is 1. The first-order chi connectivity index (χ1) is 10.9. The zero-order valence-electron chi connectivity index (χ0n) is 11.7. The fourth-order valence-corrected chi connectivity index (χ4v) is 2.75. The number of aromatic nitrogens is 4. The van der Waals surface area contributed by atoms with Crippen LogP contribution in [0, 0.1) is 0 Å². The lowest BCUT2D eigenvalue weighted by Gasteiger charge is -2.06. The largest absolute Gasteiger partial charge is 0.417 e. The lowest BCUT2D eigenvalue weighted by Crippen LogP contribution is -2.22. The molecule has 0 spiro atoms. The van der Waals surface area contributed by atoms with Gasteiger partial charge in [0.05, 0.1) is 17.1 Å². The standard InChI is InChI=1S/C14H11F3N4OS/c15-14(16,17)10-4-5-12(18-9-10)23-8-7-21-13(22)20-6-2-1-3-11(20)19-21/h1-6,9H,7-8H2. The molecule has 0 aliphatic heterocycles. The Morgan fingerprint density at radius 1 is 1.17 bits per heavy atom. The van der Waals surface area contributed by atoms with Gasteiger partial charge in [-0.2, -0.15) is 13.2 Å². The van der Waals surface area contributed by atoms with Crippen LogP contribution in [0.5, 0.6) is 0 Å². The van der Waals surface area contributed by atoms with Gasteiger partial charge in [0.2, 0.25) is 0 Å². The normalized spacial score (nSPS) is 12.0. The molecule has 3 aromatic rings. The van der Waals surface area contributed by atoms with Crippen LogP contribution in [-0.2, 0) is 12.7 Å². The molecule has 0 radical (unpaired) electrons. The summed E-state index contributed by atoms with van der Waals surface area (Å²) in [6, 6.07) is 7.56.